The molecule has 1 fully saturated rings. The van der Waals surface area contributed by atoms with Gasteiger partial charge < -0.3 is 4.90 Å². The Morgan fingerprint density at radius 1 is 1.08 bits per heavy atom. The molecule has 5 heteroatoms. The summed E-state index contributed by atoms with van der Waals surface area (Å²) in [5.74, 6) is 0.625. The molecule has 1 aliphatic heterocycles. The van der Waals surface area contributed by atoms with E-state index in [-0.39, 0.29) is 5.56 Å². The molecule has 0 bridgehead atoms. The summed E-state index contributed by atoms with van der Waals surface area (Å²) in [6.45, 7) is 3.15. The van der Waals surface area contributed by atoms with E-state index in [1.165, 1.54) is 22.6 Å². The van der Waals surface area contributed by atoms with Crippen molar-refractivity contribution in [3.05, 3.63) is 58.9 Å². The van der Waals surface area contributed by atoms with Crippen LogP contribution in [0, 0.1) is 5.92 Å². The molecule has 1 aliphatic rings. The van der Waals surface area contributed by atoms with Gasteiger partial charge in [0.25, 0.3) is 5.56 Å². The molecule has 0 atom stereocenters. The van der Waals surface area contributed by atoms with E-state index in [4.69, 9.17) is 0 Å². The summed E-state index contributed by atoms with van der Waals surface area (Å²) in [5, 5.41) is 0.857. The van der Waals surface area contributed by atoms with Gasteiger partial charge in [-0.15, -0.1) is 0 Å². The lowest BCUT2D eigenvalue weighted by molar-refractivity contribution is 0.207. The Morgan fingerprint density at radius 2 is 1.84 bits per heavy atom. The van der Waals surface area contributed by atoms with Crippen LogP contribution in [0.1, 0.15) is 12.8 Å². The van der Waals surface area contributed by atoms with Gasteiger partial charge >= 0.3 is 0 Å². The van der Waals surface area contributed by atoms with Crippen LogP contribution in [0.4, 0.5) is 0 Å². The predicted molar refractivity (Wildman–Crippen MR) is 107 cm³/mol. The third kappa shape index (κ3) is 3.84. The lowest BCUT2D eigenvalue weighted by Gasteiger charge is -2.28. The monoisotopic (exact) mass is 370 g/mol. The second-order valence-corrected chi connectivity index (χ2v) is 8.99. The van der Waals surface area contributed by atoms with Crippen LogP contribution in [0.3, 0.4) is 0 Å². The number of aromatic nitrogens is 1. The number of benzene rings is 2. The van der Waals surface area contributed by atoms with Crippen molar-refractivity contribution in [2.45, 2.75) is 29.2 Å². The maximum absolute atomic E-state index is 12.7. The summed E-state index contributed by atoms with van der Waals surface area (Å²) in [4.78, 5) is 17.5. The van der Waals surface area contributed by atoms with Gasteiger partial charge in [0.1, 0.15) is 0 Å². The number of hydrogen-bond donors (Lipinski definition) is 0. The Kier molecular flexibility index (Phi) is 4.97. The molecule has 1 saturated heterocycles. The second kappa shape index (κ2) is 7.36. The molecule has 4 rings (SSSR count). The van der Waals surface area contributed by atoms with Crippen molar-refractivity contribution in [3.63, 3.8) is 0 Å². The summed E-state index contributed by atoms with van der Waals surface area (Å²) in [5.41, 5.74) is 0.176. The fourth-order valence-corrected chi connectivity index (χ4v) is 5.43. The lowest BCUT2D eigenvalue weighted by atomic mass is 9.97. The maximum atomic E-state index is 12.7. The quantitative estimate of drug-likeness (QED) is 0.673. The van der Waals surface area contributed by atoms with Gasteiger partial charge in [-0.1, -0.05) is 41.5 Å². The summed E-state index contributed by atoms with van der Waals surface area (Å²) in [6.07, 6.45) is 2.37. The van der Waals surface area contributed by atoms with Gasteiger partial charge in [-0.2, -0.15) is 0 Å². The smallest absolute Gasteiger partial charge is 0.268 e. The van der Waals surface area contributed by atoms with E-state index < -0.39 is 0 Å². The number of rotatable bonds is 4. The molecule has 0 unspecified atom stereocenters. The fourth-order valence-electron chi connectivity index (χ4n) is 3.34. The van der Waals surface area contributed by atoms with Crippen molar-refractivity contribution < 1.29 is 0 Å². The van der Waals surface area contributed by atoms with Crippen LogP contribution >= 0.6 is 23.3 Å². The average Bonchev–Trinajstić information content (AvgIpc) is 2.93. The first-order valence-electron chi connectivity index (χ1n) is 8.74. The number of fused-ring (bicyclic) bond motifs is 1. The summed E-state index contributed by atoms with van der Waals surface area (Å²) in [6, 6.07) is 16.6. The number of likely N-dealkylation sites (tertiary alicyclic amines) is 1. The maximum Gasteiger partial charge on any atom is 0.268 e. The molecule has 0 amide bonds. The van der Waals surface area contributed by atoms with Crippen LogP contribution in [0.25, 0.3) is 10.1 Å². The average molecular weight is 371 g/mol. The van der Waals surface area contributed by atoms with E-state index in [9.17, 15) is 4.79 Å². The van der Waals surface area contributed by atoms with Gasteiger partial charge in [0.05, 0.1) is 10.1 Å². The Hall–Kier alpha value is -1.56. The van der Waals surface area contributed by atoms with Crippen molar-refractivity contribution in [2.75, 3.05) is 20.1 Å². The molecular weight excluding hydrogens is 348 g/mol. The van der Waals surface area contributed by atoms with E-state index in [0.29, 0.717) is 5.92 Å². The van der Waals surface area contributed by atoms with E-state index >= 15 is 0 Å². The molecule has 0 spiro atoms. The molecule has 130 valence electrons. The lowest BCUT2D eigenvalue weighted by Crippen LogP contribution is -2.32. The summed E-state index contributed by atoms with van der Waals surface area (Å²) >= 11 is 3.36. The van der Waals surface area contributed by atoms with Crippen molar-refractivity contribution >= 4 is 33.4 Å². The molecule has 2 heterocycles. The molecule has 1 aromatic heterocycles. The first kappa shape index (κ1) is 16.9. The van der Waals surface area contributed by atoms with Crippen molar-refractivity contribution in [2.24, 2.45) is 5.92 Å². The van der Waals surface area contributed by atoms with Gasteiger partial charge in [-0.05, 0) is 69.2 Å². The van der Waals surface area contributed by atoms with Gasteiger partial charge in [0, 0.05) is 16.3 Å². The van der Waals surface area contributed by atoms with Gasteiger partial charge in [0.2, 0.25) is 0 Å². The number of hydrogen-bond acceptors (Lipinski definition) is 4. The van der Waals surface area contributed by atoms with Gasteiger partial charge in [0.15, 0.2) is 0 Å². The topological polar surface area (TPSA) is 25.2 Å². The third-order valence-electron chi connectivity index (χ3n) is 4.86. The van der Waals surface area contributed by atoms with E-state index in [2.05, 4.69) is 48.3 Å². The zero-order valence-corrected chi connectivity index (χ0v) is 16.0. The normalized spacial score (nSPS) is 16.5. The highest BCUT2D eigenvalue weighted by molar-refractivity contribution is 7.99. The molecule has 3 nitrogen and oxygen atoms in total. The Labute approximate surface area is 156 Å². The first-order chi connectivity index (χ1) is 12.2. The largest absolute Gasteiger partial charge is 0.306 e. The van der Waals surface area contributed by atoms with E-state index in [1.807, 2.05) is 16.1 Å². The SMILES string of the molecule is CN1CCC(Cn2sc3cc(Sc4ccccc4)ccc3c2=O)CC1. The van der Waals surface area contributed by atoms with Crippen LogP contribution in [-0.2, 0) is 6.54 Å². The van der Waals surface area contributed by atoms with Crippen LogP contribution in [0.15, 0.2) is 63.1 Å². The number of nitrogens with zero attached hydrogens (tertiary/aromatic N) is 2. The van der Waals surface area contributed by atoms with Crippen LogP contribution in [0.5, 0.6) is 0 Å². The number of piperidine rings is 1. The molecule has 0 radical (unpaired) electrons. The molecule has 2 aromatic carbocycles. The van der Waals surface area contributed by atoms with Crippen molar-refractivity contribution in [1.82, 2.24) is 8.86 Å². The Balaban J connectivity index is 1.56. The molecule has 0 saturated carbocycles. The highest BCUT2D eigenvalue weighted by Gasteiger charge is 2.19. The van der Waals surface area contributed by atoms with Crippen LogP contribution in [0.2, 0.25) is 0 Å². The predicted octanol–water partition coefficient (Wildman–Crippen LogP) is 4.56. The molecule has 0 aliphatic carbocycles. The first-order valence-corrected chi connectivity index (χ1v) is 10.3. The highest BCUT2D eigenvalue weighted by Crippen LogP contribution is 2.31. The Morgan fingerprint density at radius 3 is 2.60 bits per heavy atom. The fraction of sp³-hybridized carbons (Fsp3) is 0.350. The second-order valence-electron chi connectivity index (χ2n) is 6.78. The minimum atomic E-state index is 0.176. The zero-order chi connectivity index (χ0) is 17.2. The highest BCUT2D eigenvalue weighted by atomic mass is 32.2. The van der Waals surface area contributed by atoms with Crippen LogP contribution < -0.4 is 5.56 Å². The molecule has 3 aromatic rings. The van der Waals surface area contributed by atoms with Gasteiger partial charge in [-0.25, -0.2) is 0 Å². The zero-order valence-electron chi connectivity index (χ0n) is 14.4. The third-order valence-corrected chi connectivity index (χ3v) is 6.93. The van der Waals surface area contributed by atoms with Gasteiger partial charge in [-0.3, -0.25) is 8.75 Å². The molecule has 0 N–H and O–H groups in total. The Bertz CT molecular complexity index is 908. The summed E-state index contributed by atoms with van der Waals surface area (Å²) in [7, 11) is 2.17. The standard InChI is InChI=1S/C20H22N2OS2/c1-21-11-9-15(10-12-21)14-22-20(23)18-8-7-17(13-19(18)25-22)24-16-5-3-2-4-6-16/h2-8,13,15H,9-12,14H2,1H3. The van der Waals surface area contributed by atoms with Crippen molar-refractivity contribution in [1.29, 1.82) is 0 Å². The van der Waals surface area contributed by atoms with E-state index in [0.717, 1.165) is 29.7 Å². The van der Waals surface area contributed by atoms with E-state index in [1.54, 1.807) is 23.3 Å². The minimum Gasteiger partial charge on any atom is -0.306 e. The minimum absolute atomic E-state index is 0.176. The van der Waals surface area contributed by atoms with Crippen LogP contribution in [-0.4, -0.2) is 29.0 Å². The summed E-state index contributed by atoms with van der Waals surface area (Å²) < 4.78 is 3.07. The van der Waals surface area contributed by atoms with Crippen molar-refractivity contribution in [3.8, 4) is 0 Å². The molecular formula is C20H22N2OS2. The molecule has 25 heavy (non-hydrogen) atoms.